The van der Waals surface area contributed by atoms with Crippen molar-refractivity contribution in [2.24, 2.45) is 0 Å². The zero-order valence-corrected chi connectivity index (χ0v) is 14.7. The number of nitrogens with one attached hydrogen (secondary N) is 4. The van der Waals surface area contributed by atoms with Crippen molar-refractivity contribution in [1.29, 1.82) is 0 Å². The second-order valence-corrected chi connectivity index (χ2v) is 5.86. The maximum atomic E-state index is 13.1. The van der Waals surface area contributed by atoms with Crippen molar-refractivity contribution in [1.82, 2.24) is 24.9 Å². The average molecular weight is 376 g/mol. The summed E-state index contributed by atoms with van der Waals surface area (Å²) in [6, 6.07) is 15.5. The van der Waals surface area contributed by atoms with E-state index in [4.69, 9.17) is 0 Å². The quantitative estimate of drug-likeness (QED) is 0.389. The van der Waals surface area contributed by atoms with Crippen LogP contribution in [0.3, 0.4) is 0 Å². The van der Waals surface area contributed by atoms with Crippen molar-refractivity contribution < 1.29 is 4.39 Å². The number of rotatable bonds is 7. The predicted octanol–water partition coefficient (Wildman–Crippen LogP) is 3.83. The third kappa shape index (κ3) is 4.58. The lowest BCUT2D eigenvalue weighted by Gasteiger charge is -2.11. The molecule has 0 saturated carbocycles. The minimum atomic E-state index is -0.311. The summed E-state index contributed by atoms with van der Waals surface area (Å²) in [5.74, 6) is 0.771. The zero-order chi connectivity index (χ0) is 19.2. The Morgan fingerprint density at radius 2 is 1.43 bits per heavy atom. The highest BCUT2D eigenvalue weighted by atomic mass is 19.1. The number of nitrogens with zero attached hydrogens (tertiary/aromatic N) is 4. The van der Waals surface area contributed by atoms with Crippen molar-refractivity contribution >= 4 is 29.2 Å². The van der Waals surface area contributed by atoms with E-state index >= 15 is 0 Å². The Labute approximate surface area is 160 Å². The lowest BCUT2D eigenvalue weighted by atomic mass is 10.3. The molecule has 4 N–H and O–H groups in total. The van der Waals surface area contributed by atoms with Gasteiger partial charge in [0.25, 0.3) is 0 Å². The van der Waals surface area contributed by atoms with Crippen LogP contribution in [0.4, 0.5) is 33.6 Å². The van der Waals surface area contributed by atoms with Gasteiger partial charge in [-0.1, -0.05) is 18.2 Å². The largest absolute Gasteiger partial charge is 0.348 e. The minimum Gasteiger partial charge on any atom is -0.348 e. The number of anilines is 5. The Morgan fingerprint density at radius 3 is 2.07 bits per heavy atom. The highest BCUT2D eigenvalue weighted by molar-refractivity contribution is 5.59. The number of H-pyrrole nitrogens is 1. The van der Waals surface area contributed by atoms with E-state index in [1.165, 1.54) is 12.1 Å². The first kappa shape index (κ1) is 17.4. The van der Waals surface area contributed by atoms with E-state index in [9.17, 15) is 4.39 Å². The molecule has 0 saturated heterocycles. The SMILES string of the molecule is Fc1ccc(Nc2nc(NCc3cnc[nH]3)nc(Nc3ccccc3)n2)cc1. The van der Waals surface area contributed by atoms with Gasteiger partial charge in [-0.3, -0.25) is 0 Å². The number of para-hydroxylation sites is 1. The molecule has 0 fully saturated rings. The first-order valence-corrected chi connectivity index (χ1v) is 8.56. The topological polar surface area (TPSA) is 103 Å². The summed E-state index contributed by atoms with van der Waals surface area (Å²) in [5, 5.41) is 9.35. The standard InChI is InChI=1S/C19H17FN8/c20-13-6-8-15(9-7-13)25-19-27-17(22-11-16-10-21-12-23-16)26-18(28-19)24-14-4-2-1-3-5-14/h1-10,12H,11H2,(H,21,23)(H3,22,24,25,26,27,28). The van der Waals surface area contributed by atoms with Crippen molar-refractivity contribution in [3.63, 3.8) is 0 Å². The van der Waals surface area contributed by atoms with E-state index in [2.05, 4.69) is 40.9 Å². The molecule has 0 amide bonds. The van der Waals surface area contributed by atoms with Crippen molar-refractivity contribution in [2.45, 2.75) is 6.54 Å². The maximum absolute atomic E-state index is 13.1. The molecule has 4 aromatic rings. The molecular weight excluding hydrogens is 359 g/mol. The van der Waals surface area contributed by atoms with Gasteiger partial charge in [-0.15, -0.1) is 0 Å². The van der Waals surface area contributed by atoms with Crippen molar-refractivity contribution in [2.75, 3.05) is 16.0 Å². The molecule has 0 radical (unpaired) electrons. The van der Waals surface area contributed by atoms with Crippen molar-refractivity contribution in [3.8, 4) is 0 Å². The minimum absolute atomic E-state index is 0.311. The van der Waals surface area contributed by atoms with E-state index in [1.807, 2.05) is 30.3 Å². The van der Waals surface area contributed by atoms with Gasteiger partial charge in [0.05, 0.1) is 18.6 Å². The Bertz CT molecular complexity index is 1020. The van der Waals surface area contributed by atoms with Crippen LogP contribution in [0.25, 0.3) is 0 Å². The Morgan fingerprint density at radius 1 is 0.786 bits per heavy atom. The molecule has 140 valence electrons. The molecule has 2 heterocycles. The average Bonchev–Trinajstić information content (AvgIpc) is 3.23. The number of imidazole rings is 1. The van der Waals surface area contributed by atoms with Crippen LogP contribution in [0.5, 0.6) is 0 Å². The molecule has 2 aromatic carbocycles. The van der Waals surface area contributed by atoms with Crippen molar-refractivity contribution in [3.05, 3.63) is 78.6 Å². The van der Waals surface area contributed by atoms with Gasteiger partial charge in [-0.05, 0) is 36.4 Å². The summed E-state index contributed by atoms with van der Waals surface area (Å²) in [7, 11) is 0. The van der Waals surface area contributed by atoms with Gasteiger partial charge in [-0.2, -0.15) is 15.0 Å². The molecule has 0 aliphatic rings. The van der Waals surface area contributed by atoms with Gasteiger partial charge in [0.1, 0.15) is 5.82 Å². The summed E-state index contributed by atoms with van der Waals surface area (Å²) in [6.07, 6.45) is 3.32. The number of halogens is 1. The monoisotopic (exact) mass is 376 g/mol. The predicted molar refractivity (Wildman–Crippen MR) is 105 cm³/mol. The summed E-state index contributed by atoms with van der Waals surface area (Å²) in [6.45, 7) is 0.477. The molecule has 0 aliphatic heterocycles. The fourth-order valence-corrected chi connectivity index (χ4v) is 2.44. The highest BCUT2D eigenvalue weighted by Gasteiger charge is 2.08. The van der Waals surface area contributed by atoms with Gasteiger partial charge in [0, 0.05) is 17.6 Å². The third-order valence-electron chi connectivity index (χ3n) is 3.76. The van der Waals surface area contributed by atoms with Crippen LogP contribution in [0, 0.1) is 5.82 Å². The van der Waals surface area contributed by atoms with Crippen LogP contribution in [0.15, 0.2) is 67.1 Å². The van der Waals surface area contributed by atoms with Crippen LogP contribution in [0.1, 0.15) is 5.69 Å². The van der Waals surface area contributed by atoms with Crippen LogP contribution < -0.4 is 16.0 Å². The summed E-state index contributed by atoms with van der Waals surface area (Å²) >= 11 is 0. The second-order valence-electron chi connectivity index (χ2n) is 5.86. The molecule has 4 rings (SSSR count). The van der Waals surface area contributed by atoms with Crippen LogP contribution in [0.2, 0.25) is 0 Å². The molecule has 0 atom stereocenters. The van der Waals surface area contributed by atoms with Gasteiger partial charge in [0.15, 0.2) is 0 Å². The van der Waals surface area contributed by atoms with E-state index in [-0.39, 0.29) is 5.82 Å². The molecule has 28 heavy (non-hydrogen) atoms. The number of benzene rings is 2. The fraction of sp³-hybridized carbons (Fsp3) is 0.0526. The van der Waals surface area contributed by atoms with E-state index in [0.717, 1.165) is 11.4 Å². The fourth-order valence-electron chi connectivity index (χ4n) is 2.44. The molecular formula is C19H17FN8. The molecule has 0 spiro atoms. The number of hydrogen-bond acceptors (Lipinski definition) is 7. The Balaban J connectivity index is 1.58. The lowest BCUT2D eigenvalue weighted by Crippen LogP contribution is -2.09. The molecule has 0 aliphatic carbocycles. The molecule has 9 heteroatoms. The smallest absolute Gasteiger partial charge is 0.233 e. The Kier molecular flexibility index (Phi) is 5.05. The normalized spacial score (nSPS) is 10.5. The van der Waals surface area contributed by atoms with Crippen LogP contribution >= 0.6 is 0 Å². The third-order valence-corrected chi connectivity index (χ3v) is 3.76. The van der Waals surface area contributed by atoms with Gasteiger partial charge >= 0.3 is 0 Å². The summed E-state index contributed by atoms with van der Waals surface area (Å²) < 4.78 is 13.1. The van der Waals surface area contributed by atoms with E-state index < -0.39 is 0 Å². The number of hydrogen-bond donors (Lipinski definition) is 4. The summed E-state index contributed by atoms with van der Waals surface area (Å²) in [5.41, 5.74) is 2.41. The summed E-state index contributed by atoms with van der Waals surface area (Å²) in [4.78, 5) is 20.2. The maximum Gasteiger partial charge on any atom is 0.233 e. The molecule has 0 unspecified atom stereocenters. The molecule has 8 nitrogen and oxygen atoms in total. The van der Waals surface area contributed by atoms with Gasteiger partial charge < -0.3 is 20.9 Å². The molecule has 0 bridgehead atoms. The first-order chi connectivity index (χ1) is 13.7. The Hall–Kier alpha value is -4.01. The number of aromatic amines is 1. The van der Waals surface area contributed by atoms with E-state index in [0.29, 0.717) is 30.1 Å². The highest BCUT2D eigenvalue weighted by Crippen LogP contribution is 2.19. The molecule has 2 aromatic heterocycles. The van der Waals surface area contributed by atoms with Gasteiger partial charge in [-0.25, -0.2) is 9.37 Å². The van der Waals surface area contributed by atoms with E-state index in [1.54, 1.807) is 24.7 Å². The number of aromatic nitrogens is 5. The van der Waals surface area contributed by atoms with Crippen LogP contribution in [-0.2, 0) is 6.54 Å². The van der Waals surface area contributed by atoms with Crippen LogP contribution in [-0.4, -0.2) is 24.9 Å². The van der Waals surface area contributed by atoms with Gasteiger partial charge in [0.2, 0.25) is 17.8 Å². The lowest BCUT2D eigenvalue weighted by molar-refractivity contribution is 0.628. The second kappa shape index (κ2) is 8.12. The first-order valence-electron chi connectivity index (χ1n) is 8.56. The zero-order valence-electron chi connectivity index (χ0n) is 14.7.